The van der Waals surface area contributed by atoms with E-state index in [1.165, 1.54) is 35.7 Å². The van der Waals surface area contributed by atoms with E-state index in [-0.39, 0.29) is 25.3 Å². The summed E-state index contributed by atoms with van der Waals surface area (Å²) in [5.74, 6) is -1.16. The summed E-state index contributed by atoms with van der Waals surface area (Å²) < 4.78 is 51.8. The SMILES string of the molecule is CC1Cc2c([nH]c3ccccc23)CN1CC(C)(F)CO.FCCCN1CC(Nc2cc(F)cc(F)c2)C1. The van der Waals surface area contributed by atoms with Gasteiger partial charge in [-0.05, 0) is 50.5 Å². The number of aromatic amines is 1. The fraction of sp³-hybridized carbons (Fsp3) is 0.500. The number of hydrogen-bond acceptors (Lipinski definition) is 4. The monoisotopic (exact) mass is 520 g/mol. The van der Waals surface area contributed by atoms with Crippen molar-refractivity contribution in [3.05, 3.63) is 65.4 Å². The zero-order valence-electron chi connectivity index (χ0n) is 21.4. The smallest absolute Gasteiger partial charge is 0.143 e. The van der Waals surface area contributed by atoms with E-state index >= 15 is 0 Å². The lowest BCUT2D eigenvalue weighted by Crippen LogP contribution is -2.54. The molecule has 2 atom stereocenters. The highest BCUT2D eigenvalue weighted by Crippen LogP contribution is 2.31. The molecule has 0 aliphatic carbocycles. The van der Waals surface area contributed by atoms with E-state index in [4.69, 9.17) is 5.11 Å². The molecule has 0 saturated carbocycles. The van der Waals surface area contributed by atoms with Crippen LogP contribution in [0.5, 0.6) is 0 Å². The maximum Gasteiger partial charge on any atom is 0.143 e. The molecule has 37 heavy (non-hydrogen) atoms. The molecule has 9 heteroatoms. The molecule has 2 aliphatic rings. The Morgan fingerprint density at radius 1 is 1.14 bits per heavy atom. The van der Waals surface area contributed by atoms with Crippen LogP contribution in [0.3, 0.4) is 0 Å². The standard InChI is InChI=1S/C16H21FN2O.C12H15F3N2/c1-11-7-13-12-5-3-4-6-14(12)18-15(13)8-19(11)9-16(2,17)10-20;13-2-1-3-17-7-12(8-17)16-11-5-9(14)4-10(15)6-11/h3-6,11,18,20H,7-10H2,1-2H3;4-6,12,16H,1-3,7-8H2. The van der Waals surface area contributed by atoms with E-state index in [9.17, 15) is 17.6 Å². The van der Waals surface area contributed by atoms with E-state index in [1.54, 1.807) is 0 Å². The Labute approximate surface area is 215 Å². The van der Waals surface area contributed by atoms with Crippen LogP contribution >= 0.6 is 0 Å². The number of rotatable bonds is 8. The molecule has 2 aromatic carbocycles. The fourth-order valence-electron chi connectivity index (χ4n) is 5.09. The molecule has 3 heterocycles. The van der Waals surface area contributed by atoms with E-state index in [0.717, 1.165) is 37.6 Å². The Morgan fingerprint density at radius 3 is 2.51 bits per heavy atom. The lowest BCUT2D eigenvalue weighted by molar-refractivity contribution is 0.0277. The zero-order valence-corrected chi connectivity index (χ0v) is 21.4. The van der Waals surface area contributed by atoms with Gasteiger partial charge in [-0.15, -0.1) is 0 Å². The second-order valence-electron chi connectivity index (χ2n) is 10.5. The number of aliphatic hydroxyl groups excluding tert-OH is 1. The fourth-order valence-corrected chi connectivity index (χ4v) is 5.09. The van der Waals surface area contributed by atoms with Crippen LogP contribution in [-0.2, 0) is 13.0 Å². The third-order valence-electron chi connectivity index (χ3n) is 7.05. The van der Waals surface area contributed by atoms with Crippen LogP contribution < -0.4 is 5.32 Å². The highest BCUT2D eigenvalue weighted by atomic mass is 19.1. The van der Waals surface area contributed by atoms with E-state index in [0.29, 0.717) is 18.7 Å². The van der Waals surface area contributed by atoms with Crippen molar-refractivity contribution in [1.82, 2.24) is 14.8 Å². The number of anilines is 1. The van der Waals surface area contributed by atoms with E-state index in [2.05, 4.69) is 45.2 Å². The van der Waals surface area contributed by atoms with Gasteiger partial charge in [-0.2, -0.15) is 0 Å². The quantitative estimate of drug-likeness (QED) is 0.364. The van der Waals surface area contributed by atoms with Gasteiger partial charge in [-0.1, -0.05) is 18.2 Å². The van der Waals surface area contributed by atoms with Crippen LogP contribution in [0.25, 0.3) is 10.9 Å². The predicted octanol–water partition coefficient (Wildman–Crippen LogP) is 5.06. The second kappa shape index (κ2) is 11.8. The topological polar surface area (TPSA) is 54.5 Å². The number of para-hydroxylation sites is 1. The van der Waals surface area contributed by atoms with Crippen LogP contribution in [0.2, 0.25) is 0 Å². The van der Waals surface area contributed by atoms with Gasteiger partial charge < -0.3 is 15.4 Å². The normalized spacial score (nSPS) is 20.0. The van der Waals surface area contributed by atoms with Crippen molar-refractivity contribution >= 4 is 16.6 Å². The Hall–Kier alpha value is -2.62. The molecular formula is C28H36F4N4O. The first-order chi connectivity index (χ1) is 17.7. The van der Waals surface area contributed by atoms with Gasteiger partial charge in [0, 0.05) is 67.1 Å². The first kappa shape index (κ1) is 27.4. The van der Waals surface area contributed by atoms with Gasteiger partial charge in [0.2, 0.25) is 0 Å². The predicted molar refractivity (Wildman–Crippen MR) is 139 cm³/mol. The zero-order chi connectivity index (χ0) is 26.6. The number of hydrogen-bond donors (Lipinski definition) is 3. The Morgan fingerprint density at radius 2 is 1.84 bits per heavy atom. The molecule has 0 radical (unpaired) electrons. The number of aromatic nitrogens is 1. The third kappa shape index (κ3) is 7.03. The number of nitrogens with zero attached hydrogens (tertiary/aromatic N) is 2. The molecule has 0 amide bonds. The average molecular weight is 521 g/mol. The van der Waals surface area contributed by atoms with Crippen molar-refractivity contribution in [3.63, 3.8) is 0 Å². The van der Waals surface area contributed by atoms with Crippen molar-refractivity contribution in [2.75, 3.05) is 44.8 Å². The molecular weight excluding hydrogens is 484 g/mol. The van der Waals surface area contributed by atoms with Gasteiger partial charge in [-0.25, -0.2) is 13.2 Å². The van der Waals surface area contributed by atoms with Crippen molar-refractivity contribution in [2.45, 2.75) is 51.0 Å². The summed E-state index contributed by atoms with van der Waals surface area (Å²) in [6, 6.07) is 12.2. The number of halogens is 4. The number of H-pyrrole nitrogens is 1. The molecule has 1 aromatic heterocycles. The molecule has 0 bridgehead atoms. The summed E-state index contributed by atoms with van der Waals surface area (Å²) in [6.07, 6.45) is 1.46. The number of fused-ring (bicyclic) bond motifs is 3. The molecule has 2 aliphatic heterocycles. The highest BCUT2D eigenvalue weighted by molar-refractivity contribution is 5.84. The summed E-state index contributed by atoms with van der Waals surface area (Å²) in [7, 11) is 0. The number of aliphatic hydroxyl groups is 1. The van der Waals surface area contributed by atoms with Crippen LogP contribution in [0.1, 0.15) is 31.5 Å². The molecule has 1 fully saturated rings. The maximum atomic E-state index is 14.1. The molecule has 5 rings (SSSR count). The Bertz CT molecular complexity index is 1160. The molecule has 5 nitrogen and oxygen atoms in total. The number of alkyl halides is 2. The van der Waals surface area contributed by atoms with Crippen molar-refractivity contribution in [3.8, 4) is 0 Å². The van der Waals surface area contributed by atoms with Crippen LogP contribution in [0.15, 0.2) is 42.5 Å². The molecule has 2 unspecified atom stereocenters. The van der Waals surface area contributed by atoms with Gasteiger partial charge >= 0.3 is 0 Å². The highest BCUT2D eigenvalue weighted by Gasteiger charge is 2.32. The van der Waals surface area contributed by atoms with Gasteiger partial charge in [0.25, 0.3) is 0 Å². The number of benzene rings is 2. The number of nitrogens with one attached hydrogen (secondary N) is 2. The van der Waals surface area contributed by atoms with Crippen molar-refractivity contribution in [2.24, 2.45) is 0 Å². The Kier molecular flexibility index (Phi) is 8.77. The average Bonchev–Trinajstić information content (AvgIpc) is 3.17. The van der Waals surface area contributed by atoms with Gasteiger partial charge in [0.05, 0.1) is 19.3 Å². The number of likely N-dealkylation sites (tertiary alicyclic amines) is 1. The molecule has 202 valence electrons. The second-order valence-corrected chi connectivity index (χ2v) is 10.5. The third-order valence-corrected chi connectivity index (χ3v) is 7.05. The Balaban J connectivity index is 0.000000176. The summed E-state index contributed by atoms with van der Waals surface area (Å²) in [5.41, 5.74) is 2.60. The molecule has 1 saturated heterocycles. The minimum Gasteiger partial charge on any atom is -0.393 e. The molecule has 0 spiro atoms. The van der Waals surface area contributed by atoms with E-state index < -0.39 is 23.9 Å². The van der Waals surface area contributed by atoms with Gasteiger partial charge in [0.15, 0.2) is 0 Å². The van der Waals surface area contributed by atoms with Crippen molar-refractivity contribution in [1.29, 1.82) is 0 Å². The maximum absolute atomic E-state index is 14.1. The lowest BCUT2D eigenvalue weighted by Gasteiger charge is -2.40. The summed E-state index contributed by atoms with van der Waals surface area (Å²) >= 11 is 0. The summed E-state index contributed by atoms with van der Waals surface area (Å²) in [5, 5.41) is 13.4. The van der Waals surface area contributed by atoms with Crippen LogP contribution in [0.4, 0.5) is 23.2 Å². The van der Waals surface area contributed by atoms with Crippen LogP contribution in [0, 0.1) is 11.6 Å². The summed E-state index contributed by atoms with van der Waals surface area (Å²) in [6.45, 7) is 6.14. The minimum absolute atomic E-state index is 0.191. The van der Waals surface area contributed by atoms with Gasteiger partial charge in [0.1, 0.15) is 17.3 Å². The first-order valence-electron chi connectivity index (χ1n) is 12.8. The van der Waals surface area contributed by atoms with Crippen LogP contribution in [-0.4, -0.2) is 77.1 Å². The molecule has 3 N–H and O–H groups in total. The van der Waals surface area contributed by atoms with Gasteiger partial charge in [-0.3, -0.25) is 14.2 Å². The van der Waals surface area contributed by atoms with E-state index in [1.807, 2.05) is 6.07 Å². The first-order valence-corrected chi connectivity index (χ1v) is 12.8. The van der Waals surface area contributed by atoms with Crippen molar-refractivity contribution < 1.29 is 22.7 Å². The largest absolute Gasteiger partial charge is 0.393 e. The summed E-state index contributed by atoms with van der Waals surface area (Å²) in [4.78, 5) is 7.65. The molecule has 3 aromatic rings. The lowest BCUT2D eigenvalue weighted by atomic mass is 9.96. The minimum atomic E-state index is -1.54.